The van der Waals surface area contributed by atoms with E-state index in [0.717, 1.165) is 85.4 Å². The summed E-state index contributed by atoms with van der Waals surface area (Å²) in [4.78, 5) is 20.1. The van der Waals surface area contributed by atoms with Gasteiger partial charge in [0.1, 0.15) is 0 Å². The lowest BCUT2D eigenvalue weighted by molar-refractivity contribution is -0.125. The zero-order chi connectivity index (χ0) is 23.8. The molecule has 1 aromatic heterocycles. The number of amides is 1. The summed E-state index contributed by atoms with van der Waals surface area (Å²) in [5, 5.41) is 3.89. The fourth-order valence-electron chi connectivity index (χ4n) is 5.00. The number of carbonyl (C=O) groups excluding carboxylic acids is 1. The van der Waals surface area contributed by atoms with Crippen LogP contribution in [0.25, 0.3) is 16.7 Å². The molecular formula is C27H33ClN4O2. The van der Waals surface area contributed by atoms with Crippen LogP contribution in [-0.2, 0) is 9.53 Å². The molecule has 2 saturated heterocycles. The lowest BCUT2D eigenvalue weighted by atomic mass is 9.95. The number of hydrogen-bond donors (Lipinski definition) is 1. The molecule has 2 aliphatic rings. The number of benzene rings is 2. The smallest absolute Gasteiger partial charge is 0.223 e. The van der Waals surface area contributed by atoms with Crippen molar-refractivity contribution in [3.05, 3.63) is 52.0 Å². The van der Waals surface area contributed by atoms with Gasteiger partial charge in [-0.25, -0.2) is 4.98 Å². The molecule has 180 valence electrons. The van der Waals surface area contributed by atoms with Gasteiger partial charge in [-0.1, -0.05) is 17.7 Å². The minimum Gasteiger partial charge on any atom is -0.381 e. The number of fused-ring (bicyclic) bond motifs is 1. The zero-order valence-electron chi connectivity index (χ0n) is 20.2. The lowest BCUT2D eigenvalue weighted by Gasteiger charge is -2.32. The molecule has 5 rings (SSSR count). The molecule has 1 unspecified atom stereocenters. The first kappa shape index (κ1) is 23.2. The van der Waals surface area contributed by atoms with E-state index in [1.54, 1.807) is 0 Å². The molecule has 6 nitrogen and oxygen atoms in total. The van der Waals surface area contributed by atoms with Crippen molar-refractivity contribution < 1.29 is 9.53 Å². The third-order valence-corrected chi connectivity index (χ3v) is 7.81. The molecule has 2 fully saturated rings. The van der Waals surface area contributed by atoms with Crippen LogP contribution in [0.1, 0.15) is 36.0 Å². The molecule has 1 amide bonds. The number of anilines is 1. The number of nitrogens with one attached hydrogen (secondary N) is 1. The Labute approximate surface area is 206 Å². The molecule has 1 atom stereocenters. The van der Waals surface area contributed by atoms with Crippen LogP contribution in [0.3, 0.4) is 0 Å². The number of hydrogen-bond acceptors (Lipinski definition) is 4. The average Bonchev–Trinajstić information content (AvgIpc) is 3.48. The molecular weight excluding hydrogens is 448 g/mol. The van der Waals surface area contributed by atoms with Crippen molar-refractivity contribution in [2.24, 2.45) is 11.8 Å². The van der Waals surface area contributed by atoms with Crippen molar-refractivity contribution in [1.29, 1.82) is 0 Å². The normalized spacial score (nSPS) is 19.2. The molecule has 2 aliphatic heterocycles. The van der Waals surface area contributed by atoms with E-state index in [-0.39, 0.29) is 11.8 Å². The van der Waals surface area contributed by atoms with Gasteiger partial charge in [-0.15, -0.1) is 0 Å². The molecule has 0 radical (unpaired) electrons. The number of nitrogens with zero attached hydrogens (tertiary/aromatic N) is 3. The van der Waals surface area contributed by atoms with Crippen LogP contribution in [-0.4, -0.2) is 48.3 Å². The van der Waals surface area contributed by atoms with Gasteiger partial charge >= 0.3 is 0 Å². The van der Waals surface area contributed by atoms with E-state index in [1.807, 2.05) is 13.0 Å². The Bertz CT molecular complexity index is 1210. The van der Waals surface area contributed by atoms with Crippen LogP contribution in [0.15, 0.2) is 30.3 Å². The first-order valence-corrected chi connectivity index (χ1v) is 12.6. The van der Waals surface area contributed by atoms with Crippen molar-refractivity contribution >= 4 is 34.5 Å². The molecule has 0 aliphatic carbocycles. The number of rotatable bonds is 5. The molecule has 3 heterocycles. The van der Waals surface area contributed by atoms with E-state index in [4.69, 9.17) is 21.3 Å². The van der Waals surface area contributed by atoms with Gasteiger partial charge in [0, 0.05) is 48.8 Å². The van der Waals surface area contributed by atoms with Gasteiger partial charge in [0.2, 0.25) is 11.9 Å². The Morgan fingerprint density at radius 2 is 1.88 bits per heavy atom. The van der Waals surface area contributed by atoms with Crippen LogP contribution >= 0.6 is 11.6 Å². The van der Waals surface area contributed by atoms with Gasteiger partial charge in [-0.2, -0.15) is 0 Å². The molecule has 0 spiro atoms. The predicted molar refractivity (Wildman–Crippen MR) is 137 cm³/mol. The standard InChI is InChI=1S/C27H33ClN4O2/c1-17-4-5-22(12-18(17)2)32-25-13-19(3)23(28)14-24(25)30-27(32)31-9-6-21(7-10-31)26(33)29-15-20-8-11-34-16-20/h4-5,12-14,20-21H,6-11,15-16H2,1-3H3,(H,29,33). The lowest BCUT2D eigenvalue weighted by Crippen LogP contribution is -2.42. The summed E-state index contributed by atoms with van der Waals surface area (Å²) >= 11 is 6.44. The largest absolute Gasteiger partial charge is 0.381 e. The van der Waals surface area contributed by atoms with Crippen molar-refractivity contribution in [2.75, 3.05) is 37.7 Å². The Morgan fingerprint density at radius 3 is 2.59 bits per heavy atom. The second kappa shape index (κ2) is 9.59. The highest BCUT2D eigenvalue weighted by atomic mass is 35.5. The van der Waals surface area contributed by atoms with E-state index >= 15 is 0 Å². The Hall–Kier alpha value is -2.57. The van der Waals surface area contributed by atoms with E-state index in [2.05, 4.69) is 52.9 Å². The highest BCUT2D eigenvalue weighted by molar-refractivity contribution is 6.32. The SMILES string of the molecule is Cc1ccc(-n2c(N3CCC(C(=O)NCC4CCOC4)CC3)nc3cc(Cl)c(C)cc32)cc1C. The van der Waals surface area contributed by atoms with Crippen LogP contribution in [0.4, 0.5) is 5.95 Å². The third kappa shape index (κ3) is 4.53. The van der Waals surface area contributed by atoms with Crippen LogP contribution in [0.2, 0.25) is 5.02 Å². The number of imidazole rings is 1. The maximum Gasteiger partial charge on any atom is 0.223 e. The maximum atomic E-state index is 12.8. The first-order chi connectivity index (χ1) is 16.4. The Kier molecular flexibility index (Phi) is 6.54. The Morgan fingerprint density at radius 1 is 1.09 bits per heavy atom. The average molecular weight is 481 g/mol. The summed E-state index contributed by atoms with van der Waals surface area (Å²) in [5.74, 6) is 1.60. The fraction of sp³-hybridized carbons (Fsp3) is 0.481. The zero-order valence-corrected chi connectivity index (χ0v) is 21.0. The second-order valence-electron chi connectivity index (χ2n) is 9.84. The summed E-state index contributed by atoms with van der Waals surface area (Å²) in [6.45, 7) is 10.2. The number of piperidine rings is 1. The summed E-state index contributed by atoms with van der Waals surface area (Å²) in [7, 11) is 0. The second-order valence-corrected chi connectivity index (χ2v) is 10.2. The topological polar surface area (TPSA) is 59.4 Å². The summed E-state index contributed by atoms with van der Waals surface area (Å²) in [5.41, 5.74) is 6.60. The van der Waals surface area contributed by atoms with Gasteiger partial charge in [-0.05, 0) is 81.0 Å². The van der Waals surface area contributed by atoms with Crippen molar-refractivity contribution in [3.8, 4) is 5.69 Å². The highest BCUT2D eigenvalue weighted by Crippen LogP contribution is 2.33. The number of halogens is 1. The summed E-state index contributed by atoms with van der Waals surface area (Å²) < 4.78 is 7.67. The molecule has 3 aromatic rings. The van der Waals surface area contributed by atoms with Gasteiger partial charge in [0.15, 0.2) is 0 Å². The fourth-order valence-corrected chi connectivity index (χ4v) is 5.15. The number of ether oxygens (including phenoxy) is 1. The molecule has 7 heteroatoms. The quantitative estimate of drug-likeness (QED) is 0.560. The summed E-state index contributed by atoms with van der Waals surface area (Å²) in [6, 6.07) is 10.6. The van der Waals surface area contributed by atoms with Crippen LogP contribution in [0.5, 0.6) is 0 Å². The van der Waals surface area contributed by atoms with Crippen molar-refractivity contribution in [2.45, 2.75) is 40.0 Å². The number of carbonyl (C=O) groups is 1. The van der Waals surface area contributed by atoms with Crippen molar-refractivity contribution in [1.82, 2.24) is 14.9 Å². The summed E-state index contributed by atoms with van der Waals surface area (Å²) in [6.07, 6.45) is 2.68. The maximum absolute atomic E-state index is 12.8. The molecule has 34 heavy (non-hydrogen) atoms. The van der Waals surface area contributed by atoms with Gasteiger partial charge in [-0.3, -0.25) is 9.36 Å². The number of aryl methyl sites for hydroxylation is 3. The monoisotopic (exact) mass is 480 g/mol. The van der Waals surface area contributed by atoms with Gasteiger partial charge in [0.05, 0.1) is 17.6 Å². The number of aromatic nitrogens is 2. The van der Waals surface area contributed by atoms with Crippen molar-refractivity contribution in [3.63, 3.8) is 0 Å². The van der Waals surface area contributed by atoms with E-state index < -0.39 is 0 Å². The highest BCUT2D eigenvalue weighted by Gasteiger charge is 2.29. The van der Waals surface area contributed by atoms with E-state index in [0.29, 0.717) is 5.92 Å². The Balaban J connectivity index is 1.39. The molecule has 2 aromatic carbocycles. The van der Waals surface area contributed by atoms with Gasteiger partial charge < -0.3 is 15.0 Å². The minimum absolute atomic E-state index is 0.0507. The van der Waals surface area contributed by atoms with E-state index in [9.17, 15) is 4.79 Å². The van der Waals surface area contributed by atoms with Gasteiger partial charge in [0.25, 0.3) is 0 Å². The third-order valence-electron chi connectivity index (χ3n) is 7.40. The first-order valence-electron chi connectivity index (χ1n) is 12.3. The predicted octanol–water partition coefficient (Wildman–Crippen LogP) is 4.97. The molecule has 1 N–H and O–H groups in total. The minimum atomic E-state index is 0.0507. The van der Waals surface area contributed by atoms with Crippen LogP contribution in [0, 0.1) is 32.6 Å². The van der Waals surface area contributed by atoms with E-state index in [1.165, 1.54) is 11.1 Å². The molecule has 0 saturated carbocycles. The van der Waals surface area contributed by atoms with Crippen LogP contribution < -0.4 is 10.2 Å². The molecule has 0 bridgehead atoms.